The summed E-state index contributed by atoms with van der Waals surface area (Å²) in [5, 5.41) is 2.82. The predicted molar refractivity (Wildman–Crippen MR) is 78.5 cm³/mol. The fourth-order valence-electron chi connectivity index (χ4n) is 2.05. The molecule has 1 heterocycles. The van der Waals surface area contributed by atoms with Gasteiger partial charge < -0.3 is 24.2 Å². The first-order chi connectivity index (χ1) is 10.5. The Hall–Kier alpha value is -1.29. The summed E-state index contributed by atoms with van der Waals surface area (Å²) in [6.07, 6.45) is 3.36. The van der Waals surface area contributed by atoms with Gasteiger partial charge in [-0.15, -0.1) is 0 Å². The number of methoxy groups -OCH3 is 1. The van der Waals surface area contributed by atoms with E-state index in [1.165, 1.54) is 7.11 Å². The topological polar surface area (TPSA) is 108 Å². The summed E-state index contributed by atoms with van der Waals surface area (Å²) in [5.41, 5.74) is 0. The van der Waals surface area contributed by atoms with Crippen LogP contribution in [-0.2, 0) is 30.1 Å². The second-order valence-electron chi connectivity index (χ2n) is 4.78. The minimum Gasteiger partial charge on any atom is -0.771 e. The van der Waals surface area contributed by atoms with Gasteiger partial charge in [0.1, 0.15) is 6.10 Å². The molecule has 0 aromatic rings. The van der Waals surface area contributed by atoms with E-state index in [0.717, 1.165) is 31.8 Å². The largest absolute Gasteiger partial charge is 0.771 e. The second-order valence-corrected chi connectivity index (χ2v) is 5.68. The van der Waals surface area contributed by atoms with E-state index in [4.69, 9.17) is 4.74 Å². The molecule has 126 valence electrons. The van der Waals surface area contributed by atoms with Crippen molar-refractivity contribution in [3.8, 4) is 0 Å². The number of likely N-dealkylation sites (tertiary alicyclic amines) is 1. The molecule has 0 amide bonds. The maximum Gasteiger partial charge on any atom is 0.331 e. The monoisotopic (exact) mass is 333 g/mol. The molecular formula is C13H21N2O6S-. The molecule has 0 aromatic carbocycles. The molecule has 1 saturated heterocycles. The zero-order chi connectivity index (χ0) is 16.4. The lowest BCUT2D eigenvalue weighted by molar-refractivity contribution is -0.145. The Labute approximate surface area is 132 Å². The highest BCUT2D eigenvalue weighted by Gasteiger charge is 2.21. The van der Waals surface area contributed by atoms with Gasteiger partial charge in [0, 0.05) is 38.3 Å². The first-order valence-corrected chi connectivity index (χ1v) is 8.21. The number of rotatable bonds is 8. The van der Waals surface area contributed by atoms with Crippen molar-refractivity contribution in [3.05, 3.63) is 12.2 Å². The molecule has 9 heteroatoms. The third kappa shape index (κ3) is 8.23. The molecule has 1 rings (SSSR count). The van der Waals surface area contributed by atoms with Crippen molar-refractivity contribution < 1.29 is 27.8 Å². The van der Waals surface area contributed by atoms with E-state index in [1.807, 2.05) is 0 Å². The number of hydrogen-bond donors (Lipinski definition) is 1. The first kappa shape index (κ1) is 18.8. The summed E-state index contributed by atoms with van der Waals surface area (Å²) in [4.78, 5) is 24.5. The predicted octanol–water partition coefficient (Wildman–Crippen LogP) is -0.851. The number of nitrogens with one attached hydrogen (secondary N) is 1. The van der Waals surface area contributed by atoms with Gasteiger partial charge in [-0.1, -0.05) is 0 Å². The third-order valence-corrected chi connectivity index (χ3v) is 3.64. The smallest absolute Gasteiger partial charge is 0.331 e. The van der Waals surface area contributed by atoms with Crippen LogP contribution in [0.2, 0.25) is 0 Å². The van der Waals surface area contributed by atoms with E-state index < -0.39 is 23.0 Å². The lowest BCUT2D eigenvalue weighted by Crippen LogP contribution is -2.41. The molecule has 0 spiro atoms. The maximum absolute atomic E-state index is 11.5. The Balaban J connectivity index is 2.17. The highest BCUT2D eigenvalue weighted by Crippen LogP contribution is 2.13. The van der Waals surface area contributed by atoms with Crippen LogP contribution >= 0.6 is 0 Å². The van der Waals surface area contributed by atoms with Crippen LogP contribution < -0.4 is 5.32 Å². The summed E-state index contributed by atoms with van der Waals surface area (Å²) in [5.74, 6) is -1.19. The summed E-state index contributed by atoms with van der Waals surface area (Å²) >= 11 is -2.07. The van der Waals surface area contributed by atoms with Crippen molar-refractivity contribution in [1.82, 2.24) is 10.2 Å². The van der Waals surface area contributed by atoms with Gasteiger partial charge in [-0.25, -0.2) is 9.59 Å². The van der Waals surface area contributed by atoms with E-state index in [0.29, 0.717) is 19.4 Å². The fraction of sp³-hybridized carbons (Fsp3) is 0.692. The summed E-state index contributed by atoms with van der Waals surface area (Å²) in [7, 11) is 1.23. The third-order valence-electron chi connectivity index (χ3n) is 3.20. The summed E-state index contributed by atoms with van der Waals surface area (Å²) < 4.78 is 30.3. The number of carbonyl (C=O) groups is 2. The molecule has 0 bridgehead atoms. The van der Waals surface area contributed by atoms with E-state index in [2.05, 4.69) is 15.0 Å². The number of esters is 2. The molecule has 0 radical (unpaired) electrons. The zero-order valence-corrected chi connectivity index (χ0v) is 13.3. The Bertz CT molecular complexity index is 421. The molecule has 0 saturated carbocycles. The lowest BCUT2D eigenvalue weighted by Gasteiger charge is -2.31. The molecule has 1 fully saturated rings. The molecule has 22 heavy (non-hydrogen) atoms. The van der Waals surface area contributed by atoms with E-state index >= 15 is 0 Å². The highest BCUT2D eigenvalue weighted by molar-refractivity contribution is 7.79. The van der Waals surface area contributed by atoms with Crippen LogP contribution in [-0.4, -0.2) is 70.9 Å². The summed E-state index contributed by atoms with van der Waals surface area (Å²) in [6.45, 7) is 2.90. The van der Waals surface area contributed by atoms with Gasteiger partial charge in [0.05, 0.1) is 13.0 Å². The average molecular weight is 333 g/mol. The molecule has 0 aromatic heterocycles. The van der Waals surface area contributed by atoms with Gasteiger partial charge in [-0.05, 0) is 23.9 Å². The van der Waals surface area contributed by atoms with E-state index in [1.54, 1.807) is 0 Å². The summed E-state index contributed by atoms with van der Waals surface area (Å²) in [6, 6.07) is 0. The van der Waals surface area contributed by atoms with Crippen LogP contribution in [0.25, 0.3) is 0 Å². The molecule has 1 atom stereocenters. The van der Waals surface area contributed by atoms with Crippen LogP contribution in [0.15, 0.2) is 12.2 Å². The van der Waals surface area contributed by atoms with Gasteiger partial charge in [-0.2, -0.15) is 0 Å². The van der Waals surface area contributed by atoms with Crippen LogP contribution in [0.1, 0.15) is 12.8 Å². The zero-order valence-electron chi connectivity index (χ0n) is 12.5. The second kappa shape index (κ2) is 10.4. The first-order valence-electron chi connectivity index (χ1n) is 6.97. The van der Waals surface area contributed by atoms with Crippen molar-refractivity contribution in [2.45, 2.75) is 18.9 Å². The molecule has 1 aliphatic rings. The van der Waals surface area contributed by atoms with Gasteiger partial charge in [0.25, 0.3) is 0 Å². The van der Waals surface area contributed by atoms with Crippen molar-refractivity contribution in [1.29, 1.82) is 0 Å². The average Bonchev–Trinajstić information content (AvgIpc) is 2.50. The minimum atomic E-state index is -2.07. The number of carbonyl (C=O) groups excluding carboxylic acids is 2. The standard InChI is InChI=1S/C13H22N2O6S/c1-20-12(16)2-3-13(17)21-11-4-7-15(8-5-11)9-6-14-10-22(18)19/h2-3,11,14H,4-10H2,1H3,(H,18,19)/p-1/b3-2-. The number of ether oxygens (including phenoxy) is 2. The number of piperidine rings is 1. The Morgan fingerprint density at radius 2 is 1.95 bits per heavy atom. The Kier molecular flexibility index (Phi) is 8.90. The van der Waals surface area contributed by atoms with Crippen molar-refractivity contribution in [2.24, 2.45) is 0 Å². The Morgan fingerprint density at radius 3 is 2.55 bits per heavy atom. The van der Waals surface area contributed by atoms with Gasteiger partial charge in [-0.3, -0.25) is 4.21 Å². The van der Waals surface area contributed by atoms with Crippen molar-refractivity contribution >= 4 is 23.0 Å². The SMILES string of the molecule is COC(=O)/C=C\C(=O)OC1CCN(CCNCS(=O)[O-])CC1. The van der Waals surface area contributed by atoms with Gasteiger partial charge >= 0.3 is 11.9 Å². The van der Waals surface area contributed by atoms with Crippen molar-refractivity contribution in [2.75, 3.05) is 39.2 Å². The molecule has 1 unspecified atom stereocenters. The van der Waals surface area contributed by atoms with Crippen LogP contribution in [0.5, 0.6) is 0 Å². The van der Waals surface area contributed by atoms with Crippen molar-refractivity contribution in [3.63, 3.8) is 0 Å². The minimum absolute atomic E-state index is 0.0411. The van der Waals surface area contributed by atoms with Crippen LogP contribution in [0, 0.1) is 0 Å². The lowest BCUT2D eigenvalue weighted by atomic mass is 10.1. The number of hydrogen-bond acceptors (Lipinski definition) is 8. The molecule has 0 aliphatic carbocycles. The quantitative estimate of drug-likeness (QED) is 0.265. The fourth-order valence-corrected chi connectivity index (χ4v) is 2.36. The highest BCUT2D eigenvalue weighted by atomic mass is 32.2. The van der Waals surface area contributed by atoms with Gasteiger partial charge in [0.15, 0.2) is 0 Å². The molecule has 1 N–H and O–H groups in total. The number of nitrogens with zero attached hydrogens (tertiary/aromatic N) is 1. The van der Waals surface area contributed by atoms with E-state index in [-0.39, 0.29) is 12.0 Å². The molecule has 1 aliphatic heterocycles. The van der Waals surface area contributed by atoms with Crippen LogP contribution in [0.4, 0.5) is 0 Å². The normalized spacial score (nSPS) is 18.3. The maximum atomic E-state index is 11.5. The van der Waals surface area contributed by atoms with E-state index in [9.17, 15) is 18.4 Å². The molecule has 8 nitrogen and oxygen atoms in total. The van der Waals surface area contributed by atoms with Crippen LogP contribution in [0.3, 0.4) is 0 Å². The van der Waals surface area contributed by atoms with Gasteiger partial charge in [0.2, 0.25) is 0 Å². The Morgan fingerprint density at radius 1 is 1.32 bits per heavy atom. The molecular weight excluding hydrogens is 312 g/mol.